The number of halogens is 1. The minimum atomic E-state index is 0.781. The van der Waals surface area contributed by atoms with Gasteiger partial charge in [0, 0.05) is 23.4 Å². The molecule has 2 aromatic rings. The van der Waals surface area contributed by atoms with E-state index in [0.717, 1.165) is 46.3 Å². The van der Waals surface area contributed by atoms with Gasteiger partial charge in [-0.1, -0.05) is 6.92 Å². The van der Waals surface area contributed by atoms with Crippen LogP contribution in [0.2, 0.25) is 0 Å². The summed E-state index contributed by atoms with van der Waals surface area (Å²) >= 11 is 5.22. The maximum atomic E-state index is 4.59. The third-order valence-corrected chi connectivity index (χ3v) is 4.54. The van der Waals surface area contributed by atoms with Gasteiger partial charge >= 0.3 is 0 Å². The Kier molecular flexibility index (Phi) is 5.37. The highest BCUT2D eigenvalue weighted by Gasteiger charge is 2.10. The minimum absolute atomic E-state index is 0.781. The Hall–Kier alpha value is -1.14. The van der Waals surface area contributed by atoms with Gasteiger partial charge in [-0.25, -0.2) is 9.97 Å². The van der Waals surface area contributed by atoms with Gasteiger partial charge < -0.3 is 10.6 Å². The number of aryl methyl sites for hydroxylation is 1. The number of nitrogens with one attached hydrogen (secondary N) is 2. The smallest absolute Gasteiger partial charge is 0.135 e. The van der Waals surface area contributed by atoms with Gasteiger partial charge in [-0.3, -0.25) is 0 Å². The molecule has 4 nitrogen and oxygen atoms in total. The van der Waals surface area contributed by atoms with E-state index in [9.17, 15) is 0 Å². The van der Waals surface area contributed by atoms with Gasteiger partial charge in [0.05, 0.1) is 10.3 Å². The zero-order chi connectivity index (χ0) is 14.5. The fraction of sp³-hybridized carbons (Fsp3) is 0.429. The van der Waals surface area contributed by atoms with E-state index in [1.54, 1.807) is 11.3 Å². The molecule has 0 saturated carbocycles. The van der Waals surface area contributed by atoms with Crippen LogP contribution < -0.4 is 10.6 Å². The van der Waals surface area contributed by atoms with E-state index in [2.05, 4.69) is 62.5 Å². The molecule has 0 aliphatic heterocycles. The molecule has 0 aromatic carbocycles. The number of anilines is 2. The second kappa shape index (κ2) is 7.04. The molecule has 0 atom stereocenters. The molecule has 2 heterocycles. The lowest BCUT2D eigenvalue weighted by Crippen LogP contribution is -2.10. The van der Waals surface area contributed by atoms with E-state index in [0.29, 0.717) is 0 Å². The van der Waals surface area contributed by atoms with Crippen molar-refractivity contribution in [3.63, 3.8) is 0 Å². The Morgan fingerprint density at radius 1 is 1.15 bits per heavy atom. The molecule has 0 aliphatic rings. The van der Waals surface area contributed by atoms with E-state index in [1.807, 2.05) is 6.92 Å². The Morgan fingerprint density at radius 2 is 1.85 bits per heavy atom. The molecule has 2 rings (SSSR count). The second-order valence-electron chi connectivity index (χ2n) is 4.41. The van der Waals surface area contributed by atoms with Crippen LogP contribution in [0, 0.1) is 6.92 Å². The Labute approximate surface area is 132 Å². The Balaban J connectivity index is 2.19. The lowest BCUT2D eigenvalue weighted by Gasteiger charge is -2.13. The molecule has 0 aliphatic carbocycles. The summed E-state index contributed by atoms with van der Waals surface area (Å²) in [7, 11) is 0. The van der Waals surface area contributed by atoms with Crippen molar-refractivity contribution in [3.05, 3.63) is 32.2 Å². The van der Waals surface area contributed by atoms with E-state index >= 15 is 0 Å². The van der Waals surface area contributed by atoms with Crippen LogP contribution >= 0.6 is 27.3 Å². The molecule has 0 spiro atoms. The van der Waals surface area contributed by atoms with Gasteiger partial charge in [-0.15, -0.1) is 11.3 Å². The number of nitrogens with zero attached hydrogens (tertiary/aromatic N) is 2. The first-order valence-electron chi connectivity index (χ1n) is 6.73. The highest BCUT2D eigenvalue weighted by Crippen LogP contribution is 2.24. The van der Waals surface area contributed by atoms with Crippen molar-refractivity contribution in [2.45, 2.75) is 33.7 Å². The fourth-order valence-corrected chi connectivity index (χ4v) is 3.27. The molecule has 0 bridgehead atoms. The first-order valence-corrected chi connectivity index (χ1v) is 8.34. The number of hydrogen-bond donors (Lipinski definition) is 2. The van der Waals surface area contributed by atoms with Crippen LogP contribution in [0.4, 0.5) is 11.6 Å². The van der Waals surface area contributed by atoms with E-state index in [4.69, 9.17) is 0 Å². The van der Waals surface area contributed by atoms with Crippen LogP contribution in [0.1, 0.15) is 30.1 Å². The van der Waals surface area contributed by atoms with Crippen molar-refractivity contribution in [2.75, 3.05) is 17.2 Å². The Morgan fingerprint density at radius 3 is 2.40 bits per heavy atom. The van der Waals surface area contributed by atoms with Crippen molar-refractivity contribution in [1.82, 2.24) is 9.97 Å². The molecule has 0 unspecified atom stereocenters. The van der Waals surface area contributed by atoms with E-state index in [-0.39, 0.29) is 0 Å². The summed E-state index contributed by atoms with van der Waals surface area (Å²) in [6.45, 7) is 7.83. The highest BCUT2D eigenvalue weighted by atomic mass is 79.9. The van der Waals surface area contributed by atoms with Crippen molar-refractivity contribution in [2.24, 2.45) is 0 Å². The molecule has 20 heavy (non-hydrogen) atoms. The average Bonchev–Trinajstić information content (AvgIpc) is 2.85. The van der Waals surface area contributed by atoms with Crippen LogP contribution in [-0.2, 0) is 13.0 Å². The summed E-state index contributed by atoms with van der Waals surface area (Å²) in [5, 5.41) is 6.71. The van der Waals surface area contributed by atoms with Crippen LogP contribution in [0.3, 0.4) is 0 Å². The van der Waals surface area contributed by atoms with Gasteiger partial charge in [0.15, 0.2) is 0 Å². The van der Waals surface area contributed by atoms with Crippen LogP contribution in [0.5, 0.6) is 0 Å². The highest BCUT2D eigenvalue weighted by molar-refractivity contribution is 9.11. The molecule has 0 saturated heterocycles. The summed E-state index contributed by atoms with van der Waals surface area (Å²) in [5.74, 6) is 2.70. The molecule has 0 amide bonds. The predicted molar refractivity (Wildman–Crippen MR) is 89.7 cm³/mol. The second-order valence-corrected chi connectivity index (χ2v) is 6.95. The third-order valence-electron chi connectivity index (χ3n) is 2.91. The summed E-state index contributed by atoms with van der Waals surface area (Å²) < 4.78 is 1.15. The SMILES string of the molecule is CCNc1nc(CC)nc(NCc2ccc(Br)s2)c1C. The zero-order valence-electron chi connectivity index (χ0n) is 12.0. The first kappa shape index (κ1) is 15.3. The van der Waals surface area contributed by atoms with Crippen molar-refractivity contribution in [3.8, 4) is 0 Å². The fourth-order valence-electron chi connectivity index (χ4n) is 1.85. The molecule has 2 N–H and O–H groups in total. The van der Waals surface area contributed by atoms with Crippen molar-refractivity contribution >= 4 is 38.9 Å². The van der Waals surface area contributed by atoms with Gasteiger partial charge in [-0.05, 0) is 41.9 Å². The van der Waals surface area contributed by atoms with Crippen LogP contribution in [-0.4, -0.2) is 16.5 Å². The summed E-state index contributed by atoms with van der Waals surface area (Å²) in [6.07, 6.45) is 0.831. The average molecular weight is 355 g/mol. The lowest BCUT2D eigenvalue weighted by atomic mass is 10.3. The molecular formula is C14H19BrN4S. The lowest BCUT2D eigenvalue weighted by molar-refractivity contribution is 0.920. The molecule has 108 valence electrons. The first-order chi connectivity index (χ1) is 9.63. The normalized spacial score (nSPS) is 10.6. The maximum absolute atomic E-state index is 4.59. The summed E-state index contributed by atoms with van der Waals surface area (Å²) in [5.41, 5.74) is 1.07. The quantitative estimate of drug-likeness (QED) is 0.815. The standard InChI is InChI=1S/C14H19BrN4S/c1-4-12-18-13(16-5-2)9(3)14(19-12)17-8-10-6-7-11(15)20-10/h6-7H,4-5,8H2,1-3H3,(H2,16,17,18,19). The largest absolute Gasteiger partial charge is 0.370 e. The zero-order valence-corrected chi connectivity index (χ0v) is 14.4. The van der Waals surface area contributed by atoms with E-state index in [1.165, 1.54) is 4.88 Å². The molecule has 6 heteroatoms. The van der Waals surface area contributed by atoms with Gasteiger partial charge in [0.1, 0.15) is 17.5 Å². The maximum Gasteiger partial charge on any atom is 0.135 e. The topological polar surface area (TPSA) is 49.8 Å². The van der Waals surface area contributed by atoms with Crippen LogP contribution in [0.15, 0.2) is 15.9 Å². The van der Waals surface area contributed by atoms with Crippen molar-refractivity contribution < 1.29 is 0 Å². The summed E-state index contributed by atoms with van der Waals surface area (Å²) in [6, 6.07) is 4.18. The molecular weight excluding hydrogens is 336 g/mol. The Bertz CT molecular complexity index is 583. The van der Waals surface area contributed by atoms with Crippen molar-refractivity contribution in [1.29, 1.82) is 0 Å². The monoisotopic (exact) mass is 354 g/mol. The number of hydrogen-bond acceptors (Lipinski definition) is 5. The predicted octanol–water partition coefficient (Wildman–Crippen LogP) is 4.22. The van der Waals surface area contributed by atoms with Crippen LogP contribution in [0.25, 0.3) is 0 Å². The summed E-state index contributed by atoms with van der Waals surface area (Å²) in [4.78, 5) is 10.4. The molecule has 0 radical (unpaired) electrons. The molecule has 2 aromatic heterocycles. The van der Waals surface area contributed by atoms with Gasteiger partial charge in [0.25, 0.3) is 0 Å². The third kappa shape index (κ3) is 3.70. The number of rotatable bonds is 6. The van der Waals surface area contributed by atoms with Gasteiger partial charge in [0.2, 0.25) is 0 Å². The molecule has 0 fully saturated rings. The number of thiophene rings is 1. The van der Waals surface area contributed by atoms with Gasteiger partial charge in [-0.2, -0.15) is 0 Å². The minimum Gasteiger partial charge on any atom is -0.370 e. The van der Waals surface area contributed by atoms with E-state index < -0.39 is 0 Å². The number of aromatic nitrogens is 2.